The van der Waals surface area contributed by atoms with Crippen molar-refractivity contribution in [1.29, 1.82) is 0 Å². The third-order valence-corrected chi connectivity index (χ3v) is 9.52. The van der Waals surface area contributed by atoms with Gasteiger partial charge >= 0.3 is 5.97 Å². The Morgan fingerprint density at radius 2 is 1.50 bits per heavy atom. The smallest absolute Gasteiger partial charge is 0.332 e. The summed E-state index contributed by atoms with van der Waals surface area (Å²) >= 11 is 0. The maximum atomic E-state index is 12.1. The molecule has 7 N–H and O–H groups in total. The minimum atomic E-state index is -1.58. The van der Waals surface area contributed by atoms with Crippen LogP contribution in [0.1, 0.15) is 78.1 Å². The van der Waals surface area contributed by atoms with Crippen molar-refractivity contribution in [2.75, 3.05) is 6.61 Å². The fourth-order valence-electron chi connectivity index (χ4n) is 6.90. The van der Waals surface area contributed by atoms with Crippen LogP contribution in [0.25, 0.3) is 0 Å². The summed E-state index contributed by atoms with van der Waals surface area (Å²) in [5, 5.41) is 72.9. The topological polar surface area (TPSA) is 205 Å². The van der Waals surface area contributed by atoms with Crippen molar-refractivity contribution in [2.24, 2.45) is 11.8 Å². The van der Waals surface area contributed by atoms with Gasteiger partial charge < -0.3 is 59.4 Å². The summed E-state index contributed by atoms with van der Waals surface area (Å²) < 4.78 is 29.7. The molecule has 2 saturated heterocycles. The van der Waals surface area contributed by atoms with E-state index in [1.54, 1.807) is 6.92 Å². The third-order valence-electron chi connectivity index (χ3n) is 9.52. The number of aliphatic hydroxyl groups excluding tert-OH is 6. The Morgan fingerprint density at radius 1 is 0.810 bits per heavy atom. The molecule has 2 saturated carbocycles. The molecule has 0 aromatic heterocycles. The molecular weight excluding hydrogens is 556 g/mol. The number of aliphatic hydroxyl groups is 6. The second kappa shape index (κ2) is 15.3. The van der Waals surface area contributed by atoms with E-state index in [2.05, 4.69) is 0 Å². The van der Waals surface area contributed by atoms with Gasteiger partial charge in [0.05, 0.1) is 24.9 Å². The van der Waals surface area contributed by atoms with Crippen molar-refractivity contribution >= 4 is 5.97 Å². The maximum Gasteiger partial charge on any atom is 0.332 e. The normalized spacial score (nSPS) is 44.5. The van der Waals surface area contributed by atoms with Crippen LogP contribution in [0.3, 0.4) is 0 Å². The highest BCUT2D eigenvalue weighted by Gasteiger charge is 2.50. The van der Waals surface area contributed by atoms with E-state index < -0.39 is 92.3 Å². The molecular formula is C29H50O13. The second-order valence-corrected chi connectivity index (χ2v) is 12.4. The summed E-state index contributed by atoms with van der Waals surface area (Å²) in [5.74, 6) is -1.05. The molecule has 2 aliphatic carbocycles. The predicted molar refractivity (Wildman–Crippen MR) is 145 cm³/mol. The zero-order chi connectivity index (χ0) is 30.6. The number of rotatable bonds is 11. The monoisotopic (exact) mass is 606 g/mol. The average molecular weight is 607 g/mol. The second-order valence-electron chi connectivity index (χ2n) is 12.4. The molecule has 0 bridgehead atoms. The molecule has 0 aromatic carbocycles. The fourth-order valence-corrected chi connectivity index (χ4v) is 6.90. The van der Waals surface area contributed by atoms with Gasteiger partial charge in [0.15, 0.2) is 18.7 Å². The molecule has 0 amide bonds. The Hall–Kier alpha value is -0.970. The first-order valence-electron chi connectivity index (χ1n) is 15.6. The molecule has 13 heteroatoms. The van der Waals surface area contributed by atoms with Gasteiger partial charge in [-0.3, -0.25) is 0 Å². The van der Waals surface area contributed by atoms with Gasteiger partial charge in [-0.25, -0.2) is 4.79 Å². The molecule has 14 atom stereocenters. The van der Waals surface area contributed by atoms with Crippen LogP contribution in [0.5, 0.6) is 0 Å². The zero-order valence-corrected chi connectivity index (χ0v) is 24.5. The number of hydrogen-bond donors (Lipinski definition) is 7. The quantitative estimate of drug-likeness (QED) is 0.166. The molecule has 0 spiro atoms. The molecule has 13 nitrogen and oxygen atoms in total. The lowest BCUT2D eigenvalue weighted by Crippen LogP contribution is -2.63. The highest BCUT2D eigenvalue weighted by atomic mass is 16.7. The van der Waals surface area contributed by atoms with Gasteiger partial charge in [-0.15, -0.1) is 0 Å². The number of carbonyl (C=O) groups is 1. The van der Waals surface area contributed by atoms with Crippen molar-refractivity contribution in [2.45, 2.75) is 158 Å². The molecule has 42 heavy (non-hydrogen) atoms. The van der Waals surface area contributed by atoms with E-state index in [4.69, 9.17) is 23.7 Å². The largest absolute Gasteiger partial charge is 0.479 e. The highest BCUT2D eigenvalue weighted by molar-refractivity contribution is 5.72. The van der Waals surface area contributed by atoms with Crippen molar-refractivity contribution in [3.8, 4) is 0 Å². The number of carboxylic acids is 1. The molecule has 4 rings (SSSR count). The van der Waals surface area contributed by atoms with Gasteiger partial charge in [0.1, 0.15) is 42.7 Å². The Kier molecular flexibility index (Phi) is 12.4. The first-order valence-corrected chi connectivity index (χ1v) is 15.6. The molecule has 4 aliphatic rings. The van der Waals surface area contributed by atoms with Crippen molar-refractivity contribution < 1.29 is 64.2 Å². The Balaban J connectivity index is 1.49. The summed E-state index contributed by atoms with van der Waals surface area (Å²) in [5.41, 5.74) is 0. The van der Waals surface area contributed by atoms with Gasteiger partial charge in [0.25, 0.3) is 0 Å². The lowest BCUT2D eigenvalue weighted by Gasteiger charge is -2.47. The van der Waals surface area contributed by atoms with Crippen LogP contribution in [0.15, 0.2) is 0 Å². The summed E-state index contributed by atoms with van der Waals surface area (Å²) in [4.78, 5) is 12.1. The molecule has 0 unspecified atom stereocenters. The number of ether oxygens (including phenoxy) is 5. The van der Waals surface area contributed by atoms with Crippen LogP contribution in [0.4, 0.5) is 0 Å². The van der Waals surface area contributed by atoms with E-state index in [0.717, 1.165) is 44.9 Å². The summed E-state index contributed by atoms with van der Waals surface area (Å²) in [7, 11) is 0. The Bertz CT molecular complexity index is 840. The Labute approximate surface area is 246 Å². The lowest BCUT2D eigenvalue weighted by molar-refractivity contribution is -0.349. The van der Waals surface area contributed by atoms with Crippen LogP contribution < -0.4 is 0 Å². The standard InChI is InChI=1S/C29H50O13/c1-3-16-10-7-11-17(25(16)42-28-23(34)22(33)20(31)14(2)38-28)40-29-24(35)26(21(32)19(13-30)41-29)39-18(27(36)37)12-15-8-5-4-6-9-15/h14-26,28-35H,3-13H2,1-2H3,(H,36,37)/t14-,16-,17+,18-,19+,20+,21-,22+,23-,24+,25+,26-,28-,29+/m0/s1. The first-order chi connectivity index (χ1) is 20.0. The van der Waals surface area contributed by atoms with E-state index in [1.165, 1.54) is 0 Å². The van der Waals surface area contributed by atoms with Gasteiger partial charge in [-0.05, 0) is 38.0 Å². The minimum absolute atomic E-state index is 0.0299. The molecule has 4 fully saturated rings. The molecule has 0 aromatic rings. The number of carboxylic acid groups (broad SMARTS) is 1. The molecule has 0 radical (unpaired) electrons. The summed E-state index contributed by atoms with van der Waals surface area (Å²) in [6.07, 6.45) is -7.95. The van der Waals surface area contributed by atoms with Crippen molar-refractivity contribution in [3.63, 3.8) is 0 Å². The Morgan fingerprint density at radius 3 is 2.14 bits per heavy atom. The van der Waals surface area contributed by atoms with E-state index in [9.17, 15) is 40.5 Å². The summed E-state index contributed by atoms with van der Waals surface area (Å²) in [6, 6.07) is 0. The van der Waals surface area contributed by atoms with E-state index in [-0.39, 0.29) is 18.3 Å². The summed E-state index contributed by atoms with van der Waals surface area (Å²) in [6.45, 7) is 2.93. The van der Waals surface area contributed by atoms with Crippen LogP contribution in [0, 0.1) is 11.8 Å². The van der Waals surface area contributed by atoms with Gasteiger partial charge in [-0.2, -0.15) is 0 Å². The van der Waals surface area contributed by atoms with Crippen LogP contribution >= 0.6 is 0 Å². The molecule has 2 aliphatic heterocycles. The SMILES string of the molecule is CC[C@H]1CCC[C@@H](O[C@@H]2O[C@H](CO)[C@H](O)[C@H](O[C@@H](CC3CCCCC3)C(=O)O)[C@H]2O)[C@@H]1O[C@@H]1O[C@@H](C)[C@@H](O)[C@@H](O)[C@@H]1O. The molecule has 244 valence electrons. The van der Waals surface area contributed by atoms with Crippen LogP contribution in [-0.4, -0.2) is 128 Å². The van der Waals surface area contributed by atoms with Crippen molar-refractivity contribution in [1.82, 2.24) is 0 Å². The maximum absolute atomic E-state index is 12.1. The van der Waals surface area contributed by atoms with Gasteiger partial charge in [0, 0.05) is 0 Å². The van der Waals surface area contributed by atoms with Crippen molar-refractivity contribution in [3.05, 3.63) is 0 Å². The highest BCUT2D eigenvalue weighted by Crippen LogP contribution is 2.37. The lowest BCUT2D eigenvalue weighted by atomic mass is 9.82. The van der Waals surface area contributed by atoms with Gasteiger partial charge in [0.2, 0.25) is 0 Å². The van der Waals surface area contributed by atoms with E-state index >= 15 is 0 Å². The number of aliphatic carboxylic acids is 1. The minimum Gasteiger partial charge on any atom is -0.479 e. The van der Waals surface area contributed by atoms with Crippen LogP contribution in [0.2, 0.25) is 0 Å². The molecule has 2 heterocycles. The fraction of sp³-hybridized carbons (Fsp3) is 0.966. The van der Waals surface area contributed by atoms with Crippen LogP contribution in [-0.2, 0) is 28.5 Å². The zero-order valence-electron chi connectivity index (χ0n) is 24.5. The average Bonchev–Trinajstić information content (AvgIpc) is 2.98. The predicted octanol–water partition coefficient (Wildman–Crippen LogP) is 0.0422. The third kappa shape index (κ3) is 7.81. The first kappa shape index (κ1) is 33.9. The van der Waals surface area contributed by atoms with E-state index in [1.807, 2.05) is 6.92 Å². The van der Waals surface area contributed by atoms with Gasteiger partial charge in [-0.1, -0.05) is 51.9 Å². The number of hydrogen-bond acceptors (Lipinski definition) is 12. The van der Waals surface area contributed by atoms with E-state index in [0.29, 0.717) is 12.8 Å².